The van der Waals surface area contributed by atoms with Gasteiger partial charge in [-0.25, -0.2) is 0 Å². The lowest BCUT2D eigenvalue weighted by atomic mass is 10.1. The smallest absolute Gasteiger partial charge is 0.308 e. The van der Waals surface area contributed by atoms with Gasteiger partial charge in [0.2, 0.25) is 0 Å². The van der Waals surface area contributed by atoms with E-state index in [1.54, 1.807) is 30.0 Å². The molecule has 1 fully saturated rings. The van der Waals surface area contributed by atoms with E-state index < -0.39 is 0 Å². The lowest BCUT2D eigenvalue weighted by molar-refractivity contribution is -0.133. The highest BCUT2D eigenvalue weighted by Crippen LogP contribution is 2.33. The van der Waals surface area contributed by atoms with Crippen molar-refractivity contribution in [2.45, 2.75) is 50.8 Å². The molecule has 1 aliphatic rings. The Bertz CT molecular complexity index is 585. The lowest BCUT2D eigenvalue weighted by Crippen LogP contribution is -2.30. The third-order valence-electron chi connectivity index (χ3n) is 4.01. The van der Waals surface area contributed by atoms with Gasteiger partial charge in [0.1, 0.15) is 11.5 Å². The molecule has 0 saturated carbocycles. The lowest BCUT2D eigenvalue weighted by Gasteiger charge is -2.26. The molecule has 25 heavy (non-hydrogen) atoms. The monoisotopic (exact) mass is 365 g/mol. The SMILES string of the molecule is CC(=O)Oc1ccc(OC(C)=O)c(SCCCCN2CCCCC2)c1. The Morgan fingerprint density at radius 2 is 1.76 bits per heavy atom. The minimum atomic E-state index is -0.363. The Morgan fingerprint density at radius 3 is 2.44 bits per heavy atom. The number of esters is 2. The first-order valence-corrected chi connectivity index (χ1v) is 9.89. The number of ether oxygens (including phenoxy) is 2. The molecule has 1 aromatic carbocycles. The van der Waals surface area contributed by atoms with E-state index in [2.05, 4.69) is 4.90 Å². The molecule has 0 N–H and O–H groups in total. The van der Waals surface area contributed by atoms with Gasteiger partial charge >= 0.3 is 11.9 Å². The largest absolute Gasteiger partial charge is 0.427 e. The Morgan fingerprint density at radius 1 is 1.04 bits per heavy atom. The first-order chi connectivity index (χ1) is 12.0. The van der Waals surface area contributed by atoms with Gasteiger partial charge in [-0.3, -0.25) is 9.59 Å². The number of piperidine rings is 1. The number of thioether (sulfide) groups is 1. The fourth-order valence-electron chi connectivity index (χ4n) is 2.87. The second-order valence-corrected chi connectivity index (χ2v) is 7.39. The van der Waals surface area contributed by atoms with Crippen LogP contribution >= 0.6 is 11.8 Å². The van der Waals surface area contributed by atoms with E-state index in [-0.39, 0.29) is 11.9 Å². The van der Waals surface area contributed by atoms with Crippen molar-refractivity contribution in [3.63, 3.8) is 0 Å². The molecule has 0 aliphatic carbocycles. The van der Waals surface area contributed by atoms with Crippen molar-refractivity contribution in [2.75, 3.05) is 25.4 Å². The van der Waals surface area contributed by atoms with Crippen LogP contribution in [0.1, 0.15) is 46.0 Å². The Labute approximate surface area is 154 Å². The molecule has 1 heterocycles. The molecule has 0 atom stereocenters. The average Bonchev–Trinajstić information content (AvgIpc) is 2.57. The second-order valence-electron chi connectivity index (χ2n) is 6.25. The first kappa shape index (κ1) is 19.8. The average molecular weight is 365 g/mol. The topological polar surface area (TPSA) is 55.8 Å². The zero-order valence-corrected chi connectivity index (χ0v) is 15.9. The summed E-state index contributed by atoms with van der Waals surface area (Å²) in [6.07, 6.45) is 6.27. The van der Waals surface area contributed by atoms with Crippen LogP contribution < -0.4 is 9.47 Å². The van der Waals surface area contributed by atoms with Gasteiger partial charge in [-0.05, 0) is 69.3 Å². The van der Waals surface area contributed by atoms with Crippen LogP contribution in [0.5, 0.6) is 11.5 Å². The zero-order valence-electron chi connectivity index (χ0n) is 15.1. The van der Waals surface area contributed by atoms with Crippen LogP contribution in [0.15, 0.2) is 23.1 Å². The molecular weight excluding hydrogens is 338 g/mol. The van der Waals surface area contributed by atoms with E-state index in [9.17, 15) is 9.59 Å². The number of carbonyl (C=O) groups excluding carboxylic acids is 2. The van der Waals surface area contributed by atoms with Crippen LogP contribution in [-0.4, -0.2) is 42.2 Å². The second kappa shape index (κ2) is 10.5. The minimum Gasteiger partial charge on any atom is -0.427 e. The van der Waals surface area contributed by atoms with E-state index in [0.29, 0.717) is 11.5 Å². The van der Waals surface area contributed by atoms with Gasteiger partial charge in [0, 0.05) is 13.8 Å². The van der Waals surface area contributed by atoms with Crippen molar-refractivity contribution < 1.29 is 19.1 Å². The molecule has 0 bridgehead atoms. The molecule has 1 aliphatic heterocycles. The summed E-state index contributed by atoms with van der Waals surface area (Å²) < 4.78 is 10.4. The van der Waals surface area contributed by atoms with Crippen LogP contribution in [0.4, 0.5) is 0 Å². The number of unbranched alkanes of at least 4 members (excludes halogenated alkanes) is 1. The normalized spacial score (nSPS) is 15.0. The van der Waals surface area contributed by atoms with E-state index in [4.69, 9.17) is 9.47 Å². The van der Waals surface area contributed by atoms with Gasteiger partial charge in [-0.15, -0.1) is 11.8 Å². The van der Waals surface area contributed by atoms with Crippen molar-refractivity contribution in [2.24, 2.45) is 0 Å². The summed E-state index contributed by atoms with van der Waals surface area (Å²) in [5, 5.41) is 0. The third-order valence-corrected chi connectivity index (χ3v) is 5.13. The van der Waals surface area contributed by atoms with Crippen molar-refractivity contribution in [3.05, 3.63) is 18.2 Å². The standard InChI is InChI=1S/C19H27NO4S/c1-15(21)23-17-8-9-18(24-16(2)22)19(14-17)25-13-7-6-12-20-10-4-3-5-11-20/h8-9,14H,3-7,10-13H2,1-2H3. The summed E-state index contributed by atoms with van der Waals surface area (Å²) >= 11 is 1.63. The zero-order chi connectivity index (χ0) is 18.1. The Hall–Kier alpha value is -1.53. The number of hydrogen-bond donors (Lipinski definition) is 0. The van der Waals surface area contributed by atoms with Crippen LogP contribution in [0.2, 0.25) is 0 Å². The molecular formula is C19H27NO4S. The van der Waals surface area contributed by atoms with Gasteiger partial charge in [-0.1, -0.05) is 6.42 Å². The summed E-state index contributed by atoms with van der Waals surface area (Å²) in [6, 6.07) is 5.07. The van der Waals surface area contributed by atoms with Gasteiger partial charge in [0.15, 0.2) is 0 Å². The molecule has 0 aromatic heterocycles. The molecule has 0 radical (unpaired) electrons. The summed E-state index contributed by atoms with van der Waals surface area (Å²) in [5.41, 5.74) is 0. The van der Waals surface area contributed by atoms with Crippen LogP contribution in [-0.2, 0) is 9.59 Å². The molecule has 2 rings (SSSR count). The van der Waals surface area contributed by atoms with Gasteiger partial charge in [0.25, 0.3) is 0 Å². The highest BCUT2D eigenvalue weighted by molar-refractivity contribution is 7.99. The fraction of sp³-hybridized carbons (Fsp3) is 0.579. The highest BCUT2D eigenvalue weighted by atomic mass is 32.2. The predicted molar refractivity (Wildman–Crippen MR) is 99.3 cm³/mol. The molecule has 138 valence electrons. The van der Waals surface area contributed by atoms with Gasteiger partial charge < -0.3 is 14.4 Å². The highest BCUT2D eigenvalue weighted by Gasteiger charge is 2.11. The summed E-state index contributed by atoms with van der Waals surface area (Å²) in [5.74, 6) is 1.21. The number of hydrogen-bond acceptors (Lipinski definition) is 6. The Balaban J connectivity index is 1.84. The molecule has 0 unspecified atom stereocenters. The maximum absolute atomic E-state index is 11.3. The first-order valence-electron chi connectivity index (χ1n) is 8.90. The van der Waals surface area contributed by atoms with Crippen molar-refractivity contribution in [1.82, 2.24) is 4.90 Å². The molecule has 1 aromatic rings. The number of benzene rings is 1. The maximum atomic E-state index is 11.3. The van der Waals surface area contributed by atoms with Crippen molar-refractivity contribution in [3.8, 4) is 11.5 Å². The van der Waals surface area contributed by atoms with E-state index >= 15 is 0 Å². The number of rotatable bonds is 8. The number of likely N-dealkylation sites (tertiary alicyclic amines) is 1. The summed E-state index contributed by atoms with van der Waals surface area (Å²) in [6.45, 7) is 6.37. The van der Waals surface area contributed by atoms with Crippen molar-refractivity contribution >= 4 is 23.7 Å². The number of carbonyl (C=O) groups is 2. The van der Waals surface area contributed by atoms with Crippen LogP contribution in [0, 0.1) is 0 Å². The van der Waals surface area contributed by atoms with Crippen LogP contribution in [0.25, 0.3) is 0 Å². The fourth-order valence-corrected chi connectivity index (χ4v) is 3.89. The van der Waals surface area contributed by atoms with Crippen molar-refractivity contribution in [1.29, 1.82) is 0 Å². The maximum Gasteiger partial charge on any atom is 0.308 e. The van der Waals surface area contributed by atoms with Gasteiger partial charge in [0.05, 0.1) is 4.90 Å². The van der Waals surface area contributed by atoms with Crippen LogP contribution in [0.3, 0.4) is 0 Å². The van der Waals surface area contributed by atoms with Gasteiger partial charge in [-0.2, -0.15) is 0 Å². The van der Waals surface area contributed by atoms with E-state index in [1.165, 1.54) is 52.6 Å². The molecule has 0 amide bonds. The number of nitrogens with zero attached hydrogens (tertiary/aromatic N) is 1. The molecule has 6 heteroatoms. The molecule has 5 nitrogen and oxygen atoms in total. The summed E-state index contributed by atoms with van der Waals surface area (Å²) in [4.78, 5) is 25.7. The Kier molecular flexibility index (Phi) is 8.28. The third kappa shape index (κ3) is 7.48. The van der Waals surface area contributed by atoms with E-state index in [1.807, 2.05) is 0 Å². The summed E-state index contributed by atoms with van der Waals surface area (Å²) in [7, 11) is 0. The molecule has 0 spiro atoms. The predicted octanol–water partition coefficient (Wildman–Crippen LogP) is 3.90. The quantitative estimate of drug-likeness (QED) is 0.301. The minimum absolute atomic E-state index is 0.354. The molecule has 1 saturated heterocycles. The van der Waals surface area contributed by atoms with E-state index in [0.717, 1.165) is 23.6 Å².